The van der Waals surface area contributed by atoms with Crippen molar-refractivity contribution in [3.63, 3.8) is 0 Å². The maximum absolute atomic E-state index is 13.2. The Hall–Kier alpha value is -4.01. The highest BCUT2D eigenvalue weighted by atomic mass is 32.2. The van der Waals surface area contributed by atoms with Crippen LogP contribution >= 0.6 is 0 Å². The van der Waals surface area contributed by atoms with Gasteiger partial charge in [0.15, 0.2) is 11.5 Å². The Bertz CT molecular complexity index is 1390. The molecule has 0 bridgehead atoms. The maximum Gasteiger partial charge on any atom is 0.280 e. The van der Waals surface area contributed by atoms with Gasteiger partial charge < -0.3 is 25.4 Å². The third kappa shape index (κ3) is 6.71. The van der Waals surface area contributed by atoms with E-state index >= 15 is 0 Å². The number of sulfonamides is 1. The zero-order chi connectivity index (χ0) is 28.0. The zero-order valence-corrected chi connectivity index (χ0v) is 22.0. The number of nitrogens with one attached hydrogen (secondary N) is 4. The second-order valence-corrected chi connectivity index (χ2v) is 10.9. The van der Waals surface area contributed by atoms with E-state index < -0.39 is 32.3 Å². The van der Waals surface area contributed by atoms with Gasteiger partial charge >= 0.3 is 0 Å². The number of rotatable bonds is 10. The van der Waals surface area contributed by atoms with E-state index in [-0.39, 0.29) is 41.8 Å². The summed E-state index contributed by atoms with van der Waals surface area (Å²) in [6.45, 7) is 2.72. The van der Waals surface area contributed by atoms with Crippen molar-refractivity contribution in [3.8, 4) is 11.5 Å². The van der Waals surface area contributed by atoms with Crippen molar-refractivity contribution >= 4 is 33.6 Å². The van der Waals surface area contributed by atoms with Gasteiger partial charge in [-0.25, -0.2) is 13.1 Å². The molecule has 0 radical (unpaired) electrons. The number of carbonyl (C=O) groups is 2. The van der Waals surface area contributed by atoms with E-state index in [1.54, 1.807) is 12.1 Å². The molecule has 4 N–H and O–H groups in total. The topological polar surface area (TPSA) is 178 Å². The molecule has 1 fully saturated rings. The van der Waals surface area contributed by atoms with Gasteiger partial charge in [-0.3, -0.25) is 19.7 Å². The SMILES string of the molecule is Cc1ccc(S(=O)(=O)NCCNC(=O)C2(NC(=O)/C=C/c3cc4c(cc3[N+](=O)[O-])OCO4)CCNCC2)cc1. The summed E-state index contributed by atoms with van der Waals surface area (Å²) in [5.74, 6) is -0.490. The molecule has 0 unspecified atom stereocenters. The number of nitro groups is 1. The molecule has 1 saturated heterocycles. The molecule has 4 rings (SSSR count). The molecule has 0 saturated carbocycles. The van der Waals surface area contributed by atoms with Crippen LogP contribution in [-0.2, 0) is 19.6 Å². The fraction of sp³-hybridized carbons (Fsp3) is 0.360. The predicted molar refractivity (Wildman–Crippen MR) is 141 cm³/mol. The molecule has 0 atom stereocenters. The normalized spacial score (nSPS) is 16.1. The van der Waals surface area contributed by atoms with Crippen molar-refractivity contribution in [2.75, 3.05) is 33.0 Å². The minimum atomic E-state index is -3.74. The summed E-state index contributed by atoms with van der Waals surface area (Å²) in [6.07, 6.45) is 3.01. The number of hydrogen-bond acceptors (Lipinski definition) is 9. The van der Waals surface area contributed by atoms with E-state index in [9.17, 15) is 28.1 Å². The number of amides is 2. The number of aryl methyl sites for hydroxylation is 1. The summed E-state index contributed by atoms with van der Waals surface area (Å²) >= 11 is 0. The molecule has 0 spiro atoms. The second kappa shape index (κ2) is 11.8. The first-order valence-electron chi connectivity index (χ1n) is 12.2. The highest BCUT2D eigenvalue weighted by Crippen LogP contribution is 2.38. The molecule has 2 heterocycles. The number of piperidine rings is 1. The number of hydrogen-bond donors (Lipinski definition) is 4. The standard InChI is InChI=1S/C25H29N5O8S/c1-17-2-5-19(6-3-17)39(35,36)28-13-12-27-24(32)25(8-10-26-11-9-25)29-23(31)7-4-18-14-21-22(38-16-37-21)15-20(18)30(33)34/h2-7,14-15,26,28H,8-13,16H2,1H3,(H,27,32)(H,29,31)/b7-4+. The van der Waals surface area contributed by atoms with Crippen molar-refractivity contribution in [1.29, 1.82) is 0 Å². The fourth-order valence-corrected chi connectivity index (χ4v) is 5.31. The Kier molecular flexibility index (Phi) is 8.47. The molecule has 0 aromatic heterocycles. The Balaban J connectivity index is 1.38. The number of carbonyl (C=O) groups excluding carboxylic acids is 2. The van der Waals surface area contributed by atoms with Gasteiger partial charge in [0.05, 0.1) is 21.4 Å². The molecule has 2 aromatic carbocycles. The molecule has 13 nitrogen and oxygen atoms in total. The largest absolute Gasteiger partial charge is 0.454 e. The van der Waals surface area contributed by atoms with E-state index in [1.807, 2.05) is 6.92 Å². The van der Waals surface area contributed by atoms with Crippen LogP contribution in [0.5, 0.6) is 11.5 Å². The third-order valence-corrected chi connectivity index (χ3v) is 7.90. The minimum Gasteiger partial charge on any atom is -0.454 e. The van der Waals surface area contributed by atoms with E-state index in [0.29, 0.717) is 31.7 Å². The number of nitrogens with zero attached hydrogens (tertiary/aromatic N) is 1. The lowest BCUT2D eigenvalue weighted by Gasteiger charge is -2.36. The highest BCUT2D eigenvalue weighted by molar-refractivity contribution is 7.89. The third-order valence-electron chi connectivity index (χ3n) is 6.42. The molecule has 2 amide bonds. The molecular formula is C25H29N5O8S. The maximum atomic E-state index is 13.2. The lowest BCUT2D eigenvalue weighted by atomic mass is 9.87. The van der Waals surface area contributed by atoms with Crippen LogP contribution < -0.4 is 30.1 Å². The van der Waals surface area contributed by atoms with Gasteiger partial charge in [0, 0.05) is 19.2 Å². The summed E-state index contributed by atoms with van der Waals surface area (Å²) in [5.41, 5.74) is -0.419. The van der Waals surface area contributed by atoms with Crippen LogP contribution in [0.2, 0.25) is 0 Å². The minimum absolute atomic E-state index is 0.00814. The van der Waals surface area contributed by atoms with Gasteiger partial charge in [0.1, 0.15) is 5.54 Å². The lowest BCUT2D eigenvalue weighted by Crippen LogP contribution is -2.63. The van der Waals surface area contributed by atoms with Crippen LogP contribution in [0.15, 0.2) is 47.4 Å². The van der Waals surface area contributed by atoms with Gasteiger partial charge in [-0.05, 0) is 57.1 Å². The smallest absolute Gasteiger partial charge is 0.280 e. The van der Waals surface area contributed by atoms with Crippen molar-refractivity contribution in [1.82, 2.24) is 20.7 Å². The molecule has 0 aliphatic carbocycles. The molecule has 2 aliphatic rings. The van der Waals surface area contributed by atoms with E-state index in [2.05, 4.69) is 20.7 Å². The Labute approximate surface area is 225 Å². The summed E-state index contributed by atoms with van der Waals surface area (Å²) in [5, 5.41) is 20.1. The number of fused-ring (bicyclic) bond motifs is 1. The van der Waals surface area contributed by atoms with Crippen molar-refractivity contribution in [3.05, 3.63) is 63.7 Å². The highest BCUT2D eigenvalue weighted by Gasteiger charge is 2.40. The molecule has 39 heavy (non-hydrogen) atoms. The van der Waals surface area contributed by atoms with Gasteiger partial charge in [0.25, 0.3) is 5.69 Å². The average molecular weight is 560 g/mol. The number of ether oxygens (including phenoxy) is 2. The summed E-state index contributed by atoms with van der Waals surface area (Å²) in [6, 6.07) is 9.03. The Morgan fingerprint density at radius 1 is 1.10 bits per heavy atom. The zero-order valence-electron chi connectivity index (χ0n) is 21.2. The summed E-state index contributed by atoms with van der Waals surface area (Å²) in [7, 11) is -3.74. The van der Waals surface area contributed by atoms with Gasteiger partial charge in [-0.15, -0.1) is 0 Å². The quantitative estimate of drug-likeness (QED) is 0.143. The summed E-state index contributed by atoms with van der Waals surface area (Å²) in [4.78, 5) is 37.0. The monoisotopic (exact) mass is 559 g/mol. The first-order valence-corrected chi connectivity index (χ1v) is 13.7. The lowest BCUT2D eigenvalue weighted by molar-refractivity contribution is -0.385. The first-order chi connectivity index (χ1) is 18.6. The van der Waals surface area contributed by atoms with Crippen LogP contribution in [0.1, 0.15) is 24.0 Å². The molecule has 14 heteroatoms. The first kappa shape index (κ1) is 28.0. The predicted octanol–water partition coefficient (Wildman–Crippen LogP) is 0.978. The Morgan fingerprint density at radius 2 is 1.77 bits per heavy atom. The van der Waals surface area contributed by atoms with E-state index in [4.69, 9.17) is 9.47 Å². The fourth-order valence-electron chi connectivity index (χ4n) is 4.28. The van der Waals surface area contributed by atoms with Gasteiger partial charge in [-0.1, -0.05) is 17.7 Å². The second-order valence-electron chi connectivity index (χ2n) is 9.14. The van der Waals surface area contributed by atoms with Crippen LogP contribution in [0, 0.1) is 17.0 Å². The van der Waals surface area contributed by atoms with Crippen LogP contribution in [0.3, 0.4) is 0 Å². The van der Waals surface area contributed by atoms with Crippen molar-refractivity contribution in [2.24, 2.45) is 0 Å². The van der Waals surface area contributed by atoms with Crippen LogP contribution in [-0.4, -0.2) is 63.7 Å². The van der Waals surface area contributed by atoms with Crippen molar-refractivity contribution in [2.45, 2.75) is 30.2 Å². The van der Waals surface area contributed by atoms with Crippen LogP contribution in [0.4, 0.5) is 5.69 Å². The number of nitro benzene ring substituents is 1. The molecule has 208 valence electrons. The molecular weight excluding hydrogens is 530 g/mol. The van der Waals surface area contributed by atoms with Crippen LogP contribution in [0.25, 0.3) is 6.08 Å². The van der Waals surface area contributed by atoms with Gasteiger partial charge in [0.2, 0.25) is 28.6 Å². The number of benzene rings is 2. The molecule has 2 aliphatic heterocycles. The molecule has 2 aromatic rings. The van der Waals surface area contributed by atoms with Crippen molar-refractivity contribution < 1.29 is 32.4 Å². The van der Waals surface area contributed by atoms with E-state index in [0.717, 1.165) is 11.6 Å². The van der Waals surface area contributed by atoms with Gasteiger partial charge in [-0.2, -0.15) is 0 Å². The average Bonchev–Trinajstić information content (AvgIpc) is 3.37. The van der Waals surface area contributed by atoms with E-state index in [1.165, 1.54) is 30.3 Å². The Morgan fingerprint density at radius 3 is 2.44 bits per heavy atom. The summed E-state index contributed by atoms with van der Waals surface area (Å²) < 4.78 is 37.8.